The Kier molecular flexibility index (Phi) is 25.5. The van der Waals surface area contributed by atoms with Crippen LogP contribution in [0.5, 0.6) is 0 Å². The van der Waals surface area contributed by atoms with E-state index in [0.717, 1.165) is 101 Å². The van der Waals surface area contributed by atoms with Crippen LogP contribution in [0.1, 0.15) is 0 Å². The van der Waals surface area contributed by atoms with Crippen LogP contribution in [0.2, 0.25) is 32.7 Å². The lowest BCUT2D eigenvalue weighted by Crippen LogP contribution is -2.65. The van der Waals surface area contributed by atoms with Gasteiger partial charge >= 0.3 is 0 Å². The molecule has 0 saturated carbocycles. The van der Waals surface area contributed by atoms with Crippen molar-refractivity contribution in [3.63, 3.8) is 0 Å². The number of pyridine rings is 9. The number of nitrogens with zero attached hydrogens (tertiary/aromatic N) is 15. The molecular formula is C104H87N15Si4. The van der Waals surface area contributed by atoms with Gasteiger partial charge < -0.3 is 0 Å². The van der Waals surface area contributed by atoms with Gasteiger partial charge in [0.1, 0.15) is 16.1 Å². The maximum absolute atomic E-state index is 4.98. The van der Waals surface area contributed by atoms with E-state index in [0.29, 0.717) is 0 Å². The van der Waals surface area contributed by atoms with Gasteiger partial charge in [-0.05, 0) is 174 Å². The predicted octanol–water partition coefficient (Wildman–Crippen LogP) is 15.1. The van der Waals surface area contributed by atoms with Gasteiger partial charge in [0.25, 0.3) is 0 Å². The number of hydrogen-bond acceptors (Lipinski definition) is 15. The van der Waals surface area contributed by atoms with Gasteiger partial charge in [-0.15, -0.1) is 0 Å². The van der Waals surface area contributed by atoms with Gasteiger partial charge in [0.05, 0.1) is 34.7 Å². The Morgan fingerprint density at radius 1 is 0.171 bits per heavy atom. The number of benzene rings is 7. The Balaban J connectivity index is 0.000000123. The molecule has 19 rings (SSSR count). The SMILES string of the molecule is C[Si](C)(c1cncc(-c2ccccc2)n1)c1ccnc(-c2ccccc2)n1.C[Si](c1cccc(-c2ccncc2)c1)(c1ccnc(-c2ccccc2)c1)c1ccnc(-c2ccncc2)c1.C[Si](c1ccccc1)(c1ccnc(-c2ccccc2)c1)c1ccnc(-c2cccnc2)c1.C[Si](c1ccncc1)(c1ccncc1)c1ccnc(-c2ccccc2)n1. The normalized spacial score (nSPS) is 12.1. The Bertz CT molecular complexity index is 6230. The molecule has 0 aliphatic rings. The summed E-state index contributed by atoms with van der Waals surface area (Å²) in [6.45, 7) is 11.7. The van der Waals surface area contributed by atoms with E-state index in [9.17, 15) is 0 Å². The van der Waals surface area contributed by atoms with Crippen molar-refractivity contribution in [3.8, 4) is 90.2 Å². The average molecular weight is 1660 g/mol. The summed E-state index contributed by atoms with van der Waals surface area (Å²) in [5, 5.41) is 13.6. The summed E-state index contributed by atoms with van der Waals surface area (Å²) in [5.41, 5.74) is 14.6. The smallest absolute Gasteiger partial charge is 0.168 e. The lowest BCUT2D eigenvalue weighted by molar-refractivity contribution is 1.19. The van der Waals surface area contributed by atoms with Gasteiger partial charge in [0.15, 0.2) is 27.8 Å². The molecule has 19 heteroatoms. The summed E-state index contributed by atoms with van der Waals surface area (Å²) in [6.07, 6.45) is 33.5. The number of hydrogen-bond donors (Lipinski definition) is 0. The fraction of sp³-hybridized carbons (Fsp3) is 0.0481. The molecule has 0 spiro atoms. The largest absolute Gasteiger partial charge is 0.265 e. The molecule has 0 aliphatic heterocycles. The van der Waals surface area contributed by atoms with Gasteiger partial charge in [0, 0.05) is 160 Å². The molecule has 2 atom stereocenters. The average Bonchev–Trinajstić information content (AvgIpc) is 0.766. The lowest BCUT2D eigenvalue weighted by Gasteiger charge is -2.30. The van der Waals surface area contributed by atoms with Crippen LogP contribution in [0.3, 0.4) is 0 Å². The molecule has 0 amide bonds. The van der Waals surface area contributed by atoms with Crippen molar-refractivity contribution in [2.24, 2.45) is 0 Å². The van der Waals surface area contributed by atoms with E-state index < -0.39 is 32.3 Å². The Morgan fingerprint density at radius 2 is 0.496 bits per heavy atom. The van der Waals surface area contributed by atoms with E-state index in [2.05, 4.69) is 289 Å². The van der Waals surface area contributed by atoms with Gasteiger partial charge in [-0.2, -0.15) is 0 Å². The zero-order valence-electron chi connectivity index (χ0n) is 68.8. The third-order valence-corrected chi connectivity index (χ3v) is 38.8. The molecule has 12 aromatic heterocycles. The first kappa shape index (κ1) is 81.7. The van der Waals surface area contributed by atoms with Gasteiger partial charge in [-0.1, -0.05) is 239 Å². The molecule has 15 nitrogen and oxygen atoms in total. The maximum Gasteiger partial charge on any atom is 0.168 e. The van der Waals surface area contributed by atoms with Crippen LogP contribution in [0.4, 0.5) is 0 Å². The molecular weight excluding hydrogens is 1570 g/mol. The van der Waals surface area contributed by atoms with E-state index in [4.69, 9.17) is 24.9 Å². The summed E-state index contributed by atoms with van der Waals surface area (Å²) in [7, 11) is -9.17. The van der Waals surface area contributed by atoms with Crippen LogP contribution in [0, 0.1) is 0 Å². The van der Waals surface area contributed by atoms with Crippen molar-refractivity contribution < 1.29 is 0 Å². The van der Waals surface area contributed by atoms with E-state index in [-0.39, 0.29) is 0 Å². The minimum Gasteiger partial charge on any atom is -0.265 e. The van der Waals surface area contributed by atoms with Crippen LogP contribution in [-0.2, 0) is 0 Å². The summed E-state index contributed by atoms with van der Waals surface area (Å²) in [6, 6.07) is 113. The molecule has 0 saturated heterocycles. The third-order valence-electron chi connectivity index (χ3n) is 22.6. The molecule has 0 bridgehead atoms. The minimum atomic E-state index is -2.48. The van der Waals surface area contributed by atoms with Gasteiger partial charge in [-0.3, -0.25) is 54.8 Å². The second-order valence-electron chi connectivity index (χ2n) is 30.5. The minimum absolute atomic E-state index is 0.751. The van der Waals surface area contributed by atoms with Crippen LogP contribution in [0.25, 0.3) is 90.2 Å². The number of rotatable bonds is 19. The van der Waals surface area contributed by atoms with E-state index in [1.807, 2.05) is 227 Å². The quantitative estimate of drug-likeness (QED) is 0.0694. The van der Waals surface area contributed by atoms with Gasteiger partial charge in [0.2, 0.25) is 0 Å². The van der Waals surface area contributed by atoms with Crippen LogP contribution in [-0.4, -0.2) is 107 Å². The molecule has 12 heterocycles. The molecule has 123 heavy (non-hydrogen) atoms. The van der Waals surface area contributed by atoms with Gasteiger partial charge in [-0.25, -0.2) is 19.9 Å². The molecule has 0 N–H and O–H groups in total. The zero-order valence-corrected chi connectivity index (χ0v) is 72.8. The number of aromatic nitrogens is 15. The Labute approximate surface area is 721 Å². The van der Waals surface area contributed by atoms with E-state index in [1.165, 1.54) is 47.1 Å². The Hall–Kier alpha value is -15.0. The molecule has 0 fully saturated rings. The highest BCUT2D eigenvalue weighted by Gasteiger charge is 2.39. The summed E-state index contributed by atoms with van der Waals surface area (Å²) in [5.74, 6) is 1.51. The fourth-order valence-corrected chi connectivity index (χ4v) is 27.6. The van der Waals surface area contributed by atoms with Crippen molar-refractivity contribution in [1.82, 2.24) is 74.8 Å². The fourth-order valence-electron chi connectivity index (χ4n) is 15.4. The van der Waals surface area contributed by atoms with Crippen molar-refractivity contribution in [2.45, 2.75) is 32.7 Å². The van der Waals surface area contributed by atoms with Crippen molar-refractivity contribution in [2.75, 3.05) is 0 Å². The first-order valence-electron chi connectivity index (χ1n) is 40.7. The molecule has 594 valence electrons. The predicted molar refractivity (Wildman–Crippen MR) is 510 cm³/mol. The maximum atomic E-state index is 4.98. The molecule has 7 aromatic carbocycles. The first-order chi connectivity index (χ1) is 60.4. The van der Waals surface area contributed by atoms with Crippen LogP contribution in [0.15, 0.2) is 439 Å². The van der Waals surface area contributed by atoms with Crippen molar-refractivity contribution in [1.29, 1.82) is 0 Å². The van der Waals surface area contributed by atoms with E-state index >= 15 is 0 Å². The second-order valence-corrected chi connectivity index (χ2v) is 46.7. The monoisotopic (exact) mass is 1660 g/mol. The molecule has 0 aliphatic carbocycles. The highest BCUT2D eigenvalue weighted by atomic mass is 28.3. The van der Waals surface area contributed by atoms with E-state index in [1.54, 1.807) is 6.20 Å². The Morgan fingerprint density at radius 3 is 0.943 bits per heavy atom. The van der Waals surface area contributed by atoms with Crippen molar-refractivity contribution >= 4 is 89.7 Å². The van der Waals surface area contributed by atoms with Crippen LogP contribution < -0.4 is 57.4 Å². The second kappa shape index (κ2) is 38.4. The summed E-state index contributed by atoms with van der Waals surface area (Å²) >= 11 is 0. The lowest BCUT2D eigenvalue weighted by atomic mass is 10.1. The highest BCUT2D eigenvalue weighted by molar-refractivity contribution is 7.12. The standard InChI is InChI=1S/C33H26N4Si.C28H23N3Si.C22H20N4Si.C21H18N4Si/c1-38(29-9-5-8-28(22-29)25-10-16-34-17-11-25,30-14-20-36-32(23-30)26-6-3-2-4-7-26)31-15-21-37-33(24-31)27-12-18-35-19-13-27;1-32(24-12-6-3-7-13-24,25-14-17-30-27(19-25)22-9-4-2-5-10-22)26-15-18-31-28(20-26)23-11-8-16-29-21-23;1-27(2,20-13-14-24-22(26-20)18-11-7-4-8-12-18)21-16-23-15-19(25-21)17-9-5-3-6-10-17;1-26(18-7-12-22-13-8-18,19-9-14-23-15-10-19)20-11-16-24-21(25-20)17-5-3-2-4-6-17/h2-24H,1H3;2-21H,1H3;3-16H,1-2H3;2-16H,1H3. The molecule has 19 aromatic rings. The third kappa shape index (κ3) is 18.7. The topological polar surface area (TPSA) is 193 Å². The van der Waals surface area contributed by atoms with Crippen LogP contribution >= 0.6 is 0 Å². The van der Waals surface area contributed by atoms with Crippen molar-refractivity contribution in [3.05, 3.63) is 439 Å². The summed E-state index contributed by atoms with van der Waals surface area (Å²) < 4.78 is 0. The zero-order chi connectivity index (χ0) is 84.1. The highest BCUT2D eigenvalue weighted by Crippen LogP contribution is 2.26. The molecule has 2 unspecified atom stereocenters. The first-order valence-corrected chi connectivity index (χ1v) is 51.2. The summed E-state index contributed by atoms with van der Waals surface area (Å²) in [4.78, 5) is 68.0. The molecule has 0 radical (unpaired) electrons.